The Morgan fingerprint density at radius 3 is 2.90 bits per heavy atom. The molecule has 3 aromatic rings. The lowest BCUT2D eigenvalue weighted by molar-refractivity contribution is 0.413. The number of pyridine rings is 1. The van der Waals surface area contributed by atoms with Gasteiger partial charge < -0.3 is 21.1 Å². The highest BCUT2D eigenvalue weighted by molar-refractivity contribution is 8.06. The van der Waals surface area contributed by atoms with Gasteiger partial charge in [-0.05, 0) is 36.2 Å². The Kier molecular flexibility index (Phi) is 6.14. The van der Waals surface area contributed by atoms with Crippen molar-refractivity contribution in [3.63, 3.8) is 0 Å². The lowest BCUT2D eigenvalue weighted by Gasteiger charge is -2.12. The average molecular weight is 419 g/mol. The van der Waals surface area contributed by atoms with Crippen LogP contribution in [0.25, 0.3) is 11.4 Å². The smallest absolute Gasteiger partial charge is 0.223 e. The maximum Gasteiger partial charge on any atom is 0.223 e. The van der Waals surface area contributed by atoms with Gasteiger partial charge in [-0.2, -0.15) is 0 Å². The summed E-state index contributed by atoms with van der Waals surface area (Å²) >= 11 is 1.53. The minimum absolute atomic E-state index is 0.542. The summed E-state index contributed by atoms with van der Waals surface area (Å²) in [4.78, 5) is 13.0. The summed E-state index contributed by atoms with van der Waals surface area (Å²) < 4.78 is 5.45. The minimum atomic E-state index is 0.542. The third-order valence-corrected chi connectivity index (χ3v) is 5.45. The molecule has 3 heterocycles. The number of aromatic nitrogens is 3. The van der Waals surface area contributed by atoms with E-state index in [1.807, 2.05) is 48.0 Å². The van der Waals surface area contributed by atoms with E-state index in [9.17, 15) is 0 Å². The number of hydrogen-bond acceptors (Lipinski definition) is 8. The van der Waals surface area contributed by atoms with Gasteiger partial charge in [0, 0.05) is 36.1 Å². The van der Waals surface area contributed by atoms with Crippen molar-refractivity contribution in [3.8, 4) is 5.75 Å². The van der Waals surface area contributed by atoms with Gasteiger partial charge >= 0.3 is 0 Å². The minimum Gasteiger partial charge on any atom is -0.496 e. The van der Waals surface area contributed by atoms with Crippen molar-refractivity contribution in [1.29, 1.82) is 0 Å². The molecule has 7 nitrogen and oxygen atoms in total. The number of thioether (sulfide) groups is 1. The third kappa shape index (κ3) is 4.55. The van der Waals surface area contributed by atoms with Crippen LogP contribution < -0.4 is 21.1 Å². The summed E-state index contributed by atoms with van der Waals surface area (Å²) in [6.07, 6.45) is 6.16. The number of hydrogen-bond donors (Lipinski definition) is 3. The molecular formula is C22H22N6OS. The zero-order chi connectivity index (χ0) is 20.8. The van der Waals surface area contributed by atoms with Crippen molar-refractivity contribution in [2.45, 2.75) is 6.42 Å². The number of nitrogens with zero attached hydrogens (tertiary/aromatic N) is 3. The highest BCUT2D eigenvalue weighted by Crippen LogP contribution is 2.36. The van der Waals surface area contributed by atoms with Crippen LogP contribution in [-0.4, -0.2) is 28.6 Å². The molecule has 0 atom stereocenters. The standard InChI is InChI=1S/C22H22N6OS/c1-29-19-7-3-2-6-16(19)18-14-30-21(27-18)20(23)17-9-12-26-22(28-17)25-11-8-15-5-4-10-24-13-15/h2-7,9-10,12-14,27H,8,11,23H2,1H3,(H,25,26,28)/b21-20+. The Hall–Kier alpha value is -3.52. The van der Waals surface area contributed by atoms with Crippen molar-refractivity contribution in [2.75, 3.05) is 19.0 Å². The summed E-state index contributed by atoms with van der Waals surface area (Å²) in [6.45, 7) is 0.706. The average Bonchev–Trinajstić information content (AvgIpc) is 3.29. The Morgan fingerprint density at radius 2 is 2.07 bits per heavy atom. The number of rotatable bonds is 7. The van der Waals surface area contributed by atoms with Gasteiger partial charge in [-0.15, -0.1) is 0 Å². The van der Waals surface area contributed by atoms with Crippen LogP contribution in [-0.2, 0) is 6.42 Å². The second-order valence-corrected chi connectivity index (χ2v) is 7.40. The molecule has 0 aliphatic carbocycles. The van der Waals surface area contributed by atoms with Gasteiger partial charge in [0.25, 0.3) is 0 Å². The first-order chi connectivity index (χ1) is 14.7. The number of benzene rings is 1. The monoisotopic (exact) mass is 418 g/mol. The van der Waals surface area contributed by atoms with Crippen LogP contribution in [0.2, 0.25) is 0 Å². The molecule has 0 radical (unpaired) electrons. The number of anilines is 1. The van der Waals surface area contributed by atoms with Crippen LogP contribution in [0.3, 0.4) is 0 Å². The van der Waals surface area contributed by atoms with Gasteiger partial charge in [-0.25, -0.2) is 9.97 Å². The molecule has 0 fully saturated rings. The van der Waals surface area contributed by atoms with E-state index in [0.29, 0.717) is 23.9 Å². The van der Waals surface area contributed by atoms with E-state index in [0.717, 1.165) is 34.0 Å². The van der Waals surface area contributed by atoms with E-state index in [2.05, 4.69) is 25.6 Å². The summed E-state index contributed by atoms with van der Waals surface area (Å²) in [5, 5.41) is 9.47. The molecule has 0 amide bonds. The molecule has 4 N–H and O–H groups in total. The lowest BCUT2D eigenvalue weighted by atomic mass is 10.1. The zero-order valence-electron chi connectivity index (χ0n) is 16.5. The molecule has 1 aliphatic rings. The molecule has 0 saturated carbocycles. The van der Waals surface area contributed by atoms with Gasteiger partial charge in [-0.1, -0.05) is 30.0 Å². The van der Waals surface area contributed by atoms with E-state index < -0.39 is 0 Å². The molecule has 0 spiro atoms. The van der Waals surface area contributed by atoms with Crippen LogP contribution in [0.1, 0.15) is 16.8 Å². The fraction of sp³-hybridized carbons (Fsp3) is 0.136. The molecule has 152 valence electrons. The summed E-state index contributed by atoms with van der Waals surface area (Å²) in [5.41, 5.74) is 10.7. The zero-order valence-corrected chi connectivity index (χ0v) is 17.3. The summed E-state index contributed by atoms with van der Waals surface area (Å²) in [6, 6.07) is 13.6. The number of nitrogens with two attached hydrogens (primary N) is 1. The largest absolute Gasteiger partial charge is 0.496 e. The quantitative estimate of drug-likeness (QED) is 0.537. The first-order valence-corrected chi connectivity index (χ1v) is 10.4. The van der Waals surface area contributed by atoms with Crippen molar-refractivity contribution in [2.24, 2.45) is 5.73 Å². The Balaban J connectivity index is 1.44. The van der Waals surface area contributed by atoms with Gasteiger partial charge in [0.2, 0.25) is 5.95 Å². The Bertz CT molecular complexity index is 1080. The predicted molar refractivity (Wildman–Crippen MR) is 121 cm³/mol. The van der Waals surface area contributed by atoms with E-state index in [4.69, 9.17) is 10.5 Å². The molecule has 2 aromatic heterocycles. The normalized spacial score (nSPS) is 14.6. The SMILES string of the molecule is COc1ccccc1C1=CS/C(=C(/N)c2ccnc(NCCc3cccnc3)n2)N1. The van der Waals surface area contributed by atoms with Crippen molar-refractivity contribution < 1.29 is 4.74 Å². The maximum absolute atomic E-state index is 6.41. The topological polar surface area (TPSA) is 98.0 Å². The lowest BCUT2D eigenvalue weighted by Crippen LogP contribution is -2.13. The fourth-order valence-electron chi connectivity index (χ4n) is 3.00. The number of para-hydroxylation sites is 1. The highest BCUT2D eigenvalue weighted by atomic mass is 32.2. The Morgan fingerprint density at radius 1 is 1.17 bits per heavy atom. The van der Waals surface area contributed by atoms with E-state index >= 15 is 0 Å². The van der Waals surface area contributed by atoms with Gasteiger partial charge in [0.1, 0.15) is 10.8 Å². The third-order valence-electron chi connectivity index (χ3n) is 4.54. The second kappa shape index (κ2) is 9.32. The van der Waals surface area contributed by atoms with Crippen molar-refractivity contribution in [3.05, 3.63) is 88.3 Å². The fourth-order valence-corrected chi connectivity index (χ4v) is 3.82. The van der Waals surface area contributed by atoms with E-state index in [-0.39, 0.29) is 0 Å². The van der Waals surface area contributed by atoms with E-state index in [1.54, 1.807) is 25.6 Å². The molecular weight excluding hydrogens is 396 g/mol. The molecule has 30 heavy (non-hydrogen) atoms. The van der Waals surface area contributed by atoms with Crippen LogP contribution in [0.4, 0.5) is 5.95 Å². The first-order valence-electron chi connectivity index (χ1n) is 9.48. The first kappa shape index (κ1) is 19.8. The van der Waals surface area contributed by atoms with Crippen LogP contribution in [0.5, 0.6) is 5.75 Å². The Labute approximate surface area is 179 Å². The predicted octanol–water partition coefficient (Wildman–Crippen LogP) is 3.45. The second-order valence-electron chi connectivity index (χ2n) is 6.52. The van der Waals surface area contributed by atoms with Gasteiger partial charge in [-0.3, -0.25) is 4.98 Å². The summed E-state index contributed by atoms with van der Waals surface area (Å²) in [7, 11) is 1.66. The molecule has 8 heteroatoms. The van der Waals surface area contributed by atoms with Crippen LogP contribution in [0, 0.1) is 0 Å². The van der Waals surface area contributed by atoms with Crippen LogP contribution >= 0.6 is 11.8 Å². The molecule has 1 aromatic carbocycles. The highest BCUT2D eigenvalue weighted by Gasteiger charge is 2.18. The number of methoxy groups -OCH3 is 1. The van der Waals surface area contributed by atoms with Crippen molar-refractivity contribution in [1.82, 2.24) is 20.3 Å². The van der Waals surface area contributed by atoms with E-state index in [1.165, 1.54) is 11.8 Å². The van der Waals surface area contributed by atoms with Gasteiger partial charge in [0.15, 0.2) is 0 Å². The molecule has 0 bridgehead atoms. The molecule has 4 rings (SSSR count). The maximum atomic E-state index is 6.41. The molecule has 1 aliphatic heterocycles. The summed E-state index contributed by atoms with van der Waals surface area (Å²) in [5.74, 6) is 1.35. The molecule has 0 unspecified atom stereocenters. The van der Waals surface area contributed by atoms with Crippen molar-refractivity contribution >= 4 is 29.1 Å². The molecule has 0 saturated heterocycles. The van der Waals surface area contributed by atoms with Gasteiger partial charge in [0.05, 0.1) is 24.2 Å². The number of nitrogens with one attached hydrogen (secondary N) is 2. The number of ether oxygens (including phenoxy) is 1. The van der Waals surface area contributed by atoms with Crippen LogP contribution in [0.15, 0.2) is 71.5 Å².